The zero-order valence-electron chi connectivity index (χ0n) is 49.9. The van der Waals surface area contributed by atoms with Gasteiger partial charge in [0.1, 0.15) is 0 Å². The molecule has 0 fully saturated rings. The van der Waals surface area contributed by atoms with E-state index in [0.717, 1.165) is 77.6 Å². The molecule has 0 aromatic heterocycles. The van der Waals surface area contributed by atoms with E-state index in [1.54, 1.807) is 24.3 Å². The van der Waals surface area contributed by atoms with Gasteiger partial charge in [-0.1, -0.05) is 226 Å². The van der Waals surface area contributed by atoms with Crippen LogP contribution in [0.4, 0.5) is 11.4 Å². The predicted octanol–water partition coefficient (Wildman–Crippen LogP) is 10.1. The number of anilines is 2. The number of hydroxylamine groups is 2. The first-order chi connectivity index (χ1) is 42.0. The Morgan fingerprint density at radius 2 is 0.602 bits per heavy atom. The Bertz CT molecular complexity index is 3060. The van der Waals surface area contributed by atoms with Crippen LogP contribution >= 0.6 is 0 Å². The minimum absolute atomic E-state index is 0. The minimum atomic E-state index is -1.02. The Labute approximate surface area is 557 Å². The van der Waals surface area contributed by atoms with Gasteiger partial charge in [-0.3, -0.25) is 34.1 Å². The van der Waals surface area contributed by atoms with Crippen molar-refractivity contribution in [3.8, 4) is 0 Å². The fourth-order valence-corrected chi connectivity index (χ4v) is 9.39. The molecule has 8 rings (SSSR count). The molecule has 8 aromatic rings. The van der Waals surface area contributed by atoms with Crippen LogP contribution in [0.3, 0.4) is 0 Å². The van der Waals surface area contributed by atoms with E-state index in [4.69, 9.17) is 24.5 Å². The minimum Gasteiger partial charge on any atom is -0.870 e. The summed E-state index contributed by atoms with van der Waals surface area (Å²) >= 11 is 0. The number of methoxy groups -OCH3 is 1. The molecule has 0 aliphatic rings. The normalized spacial score (nSPS) is 10.3. The van der Waals surface area contributed by atoms with Crippen LogP contribution in [-0.4, -0.2) is 60.7 Å². The first-order valence-electron chi connectivity index (χ1n) is 28.3. The van der Waals surface area contributed by atoms with Crippen molar-refractivity contribution in [3.05, 3.63) is 276 Å². The van der Waals surface area contributed by atoms with Crippen LogP contribution in [0.1, 0.15) is 121 Å². The number of carbonyl (C=O) groups excluding carboxylic acids is 7. The van der Waals surface area contributed by atoms with E-state index in [1.165, 1.54) is 14.2 Å². The van der Waals surface area contributed by atoms with Crippen LogP contribution in [0.2, 0.25) is 0 Å². The molecular formula is C70H75KN4O13. The standard InChI is InChI=1S/C35H36N2O5.C33H34N2O3.CH4O2.CO2.K.H2O/c1-41-34(40)27-23-25-31(26-24-27)36-32(38)21-13-2-3-14-22-33(39)37-42-35(28-15-7-4-8-16-28,29-17-9-5-10-18-29)30-19-11-6-12-20-30;36-31(34-30-23-13-6-14-24-30)25-15-1-2-16-26-32(37)35-38-33(27-17-7-3-8-18-27,28-19-9-4-10-20-28)29-21-11-5-12-22-29;1-3-2;2-1-3;;/h4-12,15-20,23-26H,2-3,13-14,21-22H2,1H3,(H,36,38)(H,37,39);3-14,17-24H,1-2,15-16,25-26H2,(H,34,36)(H,35,37);2H,1H3;;;1H2/q;;;;+1;/p-1. The van der Waals surface area contributed by atoms with E-state index in [-0.39, 0.29) is 86.6 Å². The number of amides is 4. The smallest absolute Gasteiger partial charge is 0.870 e. The summed E-state index contributed by atoms with van der Waals surface area (Å²) in [5.74, 6) is -0.863. The maximum Gasteiger partial charge on any atom is 1.00 e. The average Bonchev–Trinajstić information content (AvgIpc) is 1.13. The van der Waals surface area contributed by atoms with E-state index in [9.17, 15) is 24.0 Å². The van der Waals surface area contributed by atoms with Crippen molar-refractivity contribution >= 4 is 47.1 Å². The Morgan fingerprint density at radius 3 is 0.852 bits per heavy atom. The van der Waals surface area contributed by atoms with Crippen LogP contribution in [0.15, 0.2) is 237 Å². The first kappa shape index (κ1) is 74.2. The molecule has 8 aromatic carbocycles. The molecule has 17 nitrogen and oxygen atoms in total. The van der Waals surface area contributed by atoms with Gasteiger partial charge >= 0.3 is 63.5 Å². The molecule has 0 heterocycles. The molecule has 454 valence electrons. The predicted molar refractivity (Wildman–Crippen MR) is 330 cm³/mol. The van der Waals surface area contributed by atoms with Crippen LogP contribution in [0.25, 0.3) is 0 Å². The van der Waals surface area contributed by atoms with Gasteiger partial charge in [0.15, 0.2) is 11.2 Å². The summed E-state index contributed by atoms with van der Waals surface area (Å²) in [5, 5.41) is 12.8. The number of hydrogen-bond acceptors (Lipinski definition) is 13. The van der Waals surface area contributed by atoms with Crippen LogP contribution in [0.5, 0.6) is 0 Å². The monoisotopic (exact) mass is 1220 g/mol. The summed E-state index contributed by atoms with van der Waals surface area (Å²) in [6, 6.07) is 75.5. The van der Waals surface area contributed by atoms with Gasteiger partial charge in [-0.25, -0.2) is 20.6 Å². The third-order valence-electron chi connectivity index (χ3n) is 13.5. The second-order valence-electron chi connectivity index (χ2n) is 19.4. The molecule has 0 saturated heterocycles. The van der Waals surface area contributed by atoms with Gasteiger partial charge in [0.25, 0.3) is 0 Å². The van der Waals surface area contributed by atoms with E-state index in [2.05, 4.69) is 31.2 Å². The molecule has 0 radical (unpaired) electrons. The number of unbranched alkanes of at least 4 members (excludes halogenated alkanes) is 6. The van der Waals surface area contributed by atoms with Gasteiger partial charge in [0, 0.05) is 37.1 Å². The van der Waals surface area contributed by atoms with Crippen molar-refractivity contribution in [1.82, 2.24) is 11.0 Å². The molecule has 0 spiro atoms. The Hall–Kier alpha value is -8.07. The molecule has 6 N–H and O–H groups in total. The van der Waals surface area contributed by atoms with Gasteiger partial charge in [-0.05, 0) is 95.5 Å². The molecule has 0 aliphatic carbocycles. The van der Waals surface area contributed by atoms with Gasteiger partial charge in [-0.2, -0.15) is 9.59 Å². The summed E-state index contributed by atoms with van der Waals surface area (Å²) in [5.41, 5.74) is 10.8. The molecule has 18 heteroatoms. The zero-order chi connectivity index (χ0) is 61.5. The van der Waals surface area contributed by atoms with Crippen molar-refractivity contribution in [2.24, 2.45) is 0 Å². The molecule has 0 saturated carbocycles. The third-order valence-corrected chi connectivity index (χ3v) is 13.5. The fraction of sp³-hybridized carbons (Fsp3) is 0.229. The number of hydrogen-bond donors (Lipinski definition) is 5. The maximum atomic E-state index is 12.9. The molecule has 0 bridgehead atoms. The molecular weight excluding hydrogens is 1140 g/mol. The second-order valence-corrected chi connectivity index (χ2v) is 19.4. The van der Waals surface area contributed by atoms with Crippen LogP contribution in [-0.2, 0) is 59.3 Å². The SMILES string of the molecule is COC(=O)c1ccc(NC(=O)CCCCCCC(=O)NOC(c2ccccc2)(c2ccccc2)c2ccccc2)cc1.COO.O=C(CCCCCCC(=O)Nc1ccccc1)NOC(c1ccccc1)(c1ccccc1)c1ccccc1.O=C=O.[K+].[OH-]. The third kappa shape index (κ3) is 24.2. The maximum absolute atomic E-state index is 12.9. The number of benzene rings is 8. The van der Waals surface area contributed by atoms with Crippen molar-refractivity contribution in [1.29, 1.82) is 0 Å². The van der Waals surface area contributed by atoms with E-state index in [0.29, 0.717) is 49.8 Å². The summed E-state index contributed by atoms with van der Waals surface area (Å²) in [4.78, 5) is 93.8. The number of para-hydroxylation sites is 1. The largest absolute Gasteiger partial charge is 1.00 e. The molecule has 0 aliphatic heterocycles. The van der Waals surface area contributed by atoms with E-state index in [1.807, 2.05) is 212 Å². The molecule has 0 unspecified atom stereocenters. The molecule has 4 amide bonds. The Morgan fingerprint density at radius 1 is 0.375 bits per heavy atom. The second kappa shape index (κ2) is 42.7. The van der Waals surface area contributed by atoms with Gasteiger partial charge in [0.2, 0.25) is 23.6 Å². The number of nitrogens with one attached hydrogen (secondary N) is 4. The van der Waals surface area contributed by atoms with Crippen molar-refractivity contribution in [3.63, 3.8) is 0 Å². The van der Waals surface area contributed by atoms with Gasteiger partial charge in [-0.15, -0.1) is 0 Å². The summed E-state index contributed by atoms with van der Waals surface area (Å²) in [6.07, 6.45) is 8.06. The molecule has 0 atom stereocenters. The van der Waals surface area contributed by atoms with Crippen molar-refractivity contribution < 1.29 is 115 Å². The number of rotatable bonds is 27. The van der Waals surface area contributed by atoms with E-state index >= 15 is 0 Å². The van der Waals surface area contributed by atoms with E-state index < -0.39 is 17.2 Å². The number of esters is 1. The van der Waals surface area contributed by atoms with Crippen LogP contribution in [0, 0.1) is 0 Å². The zero-order valence-corrected chi connectivity index (χ0v) is 53.0. The average molecular weight is 1220 g/mol. The topological polar surface area (TPSA) is 255 Å². The van der Waals surface area contributed by atoms with Crippen molar-refractivity contribution in [2.45, 2.75) is 88.3 Å². The fourth-order valence-electron chi connectivity index (χ4n) is 9.39. The molecule has 88 heavy (non-hydrogen) atoms. The summed E-state index contributed by atoms with van der Waals surface area (Å²) in [6.45, 7) is 0. The first-order valence-corrected chi connectivity index (χ1v) is 28.3. The number of carbonyl (C=O) groups is 5. The summed E-state index contributed by atoms with van der Waals surface area (Å²) in [7, 11) is 2.51. The van der Waals surface area contributed by atoms with Crippen molar-refractivity contribution in [2.75, 3.05) is 24.9 Å². The quantitative estimate of drug-likeness (QED) is 0.00803. The number of ether oxygens (including phenoxy) is 1. The van der Waals surface area contributed by atoms with Gasteiger partial charge in [0.05, 0.1) is 19.8 Å². The Balaban J connectivity index is 0.000000415. The van der Waals surface area contributed by atoms with Crippen LogP contribution < -0.4 is 73.0 Å². The Kier molecular flexibility index (Phi) is 36.0. The summed E-state index contributed by atoms with van der Waals surface area (Å²) < 4.78 is 4.68. The van der Waals surface area contributed by atoms with Gasteiger partial charge < -0.3 is 20.8 Å².